The molecule has 0 radical (unpaired) electrons. The predicted molar refractivity (Wildman–Crippen MR) is 64.8 cm³/mol. The average molecular weight is 248 g/mol. The topological polar surface area (TPSA) is 63.3 Å². The summed E-state index contributed by atoms with van der Waals surface area (Å²) in [7, 11) is 0. The summed E-state index contributed by atoms with van der Waals surface area (Å²) in [5.74, 6) is -0.959. The van der Waals surface area contributed by atoms with Gasteiger partial charge in [-0.15, -0.1) is 24.2 Å². The molecule has 1 aromatic carbocycles. The zero-order chi connectivity index (χ0) is 10.6. The van der Waals surface area contributed by atoms with Crippen LogP contribution in [0.2, 0.25) is 0 Å². The molecule has 0 aliphatic rings. The van der Waals surface area contributed by atoms with Crippen molar-refractivity contribution >= 4 is 30.1 Å². The van der Waals surface area contributed by atoms with Crippen LogP contribution >= 0.6 is 24.2 Å². The van der Waals surface area contributed by atoms with Crippen molar-refractivity contribution in [2.45, 2.75) is 17.4 Å². The number of thioether (sulfide) groups is 1. The summed E-state index contributed by atoms with van der Waals surface area (Å²) >= 11 is 1.63. The van der Waals surface area contributed by atoms with Crippen LogP contribution in [0.25, 0.3) is 0 Å². The monoisotopic (exact) mass is 247 g/mol. The van der Waals surface area contributed by atoms with Gasteiger partial charge in [0.15, 0.2) is 0 Å². The summed E-state index contributed by atoms with van der Waals surface area (Å²) in [4.78, 5) is 11.7. The molecule has 0 fully saturated rings. The molecule has 3 N–H and O–H groups in total. The third kappa shape index (κ3) is 4.55. The Bertz CT molecular complexity index is 333. The molecule has 84 valence electrons. The quantitative estimate of drug-likeness (QED) is 0.797. The molecule has 0 amide bonds. The van der Waals surface area contributed by atoms with Crippen molar-refractivity contribution < 1.29 is 9.90 Å². The fourth-order valence-corrected chi connectivity index (χ4v) is 1.62. The molecule has 0 heterocycles. The maximum atomic E-state index is 10.5. The van der Waals surface area contributed by atoms with Crippen LogP contribution in [0.1, 0.15) is 5.56 Å². The second-order valence-corrected chi connectivity index (χ2v) is 3.88. The lowest BCUT2D eigenvalue weighted by Gasteiger charge is -2.07. The minimum Gasteiger partial charge on any atom is -0.480 e. The maximum absolute atomic E-state index is 10.5. The van der Waals surface area contributed by atoms with Gasteiger partial charge in [0.1, 0.15) is 6.04 Å². The summed E-state index contributed by atoms with van der Waals surface area (Å²) in [6, 6.07) is 6.94. The van der Waals surface area contributed by atoms with Crippen LogP contribution < -0.4 is 5.73 Å². The number of nitrogens with two attached hydrogens (primary N) is 1. The van der Waals surface area contributed by atoms with Crippen LogP contribution in [0.5, 0.6) is 0 Å². The van der Waals surface area contributed by atoms with Gasteiger partial charge in [-0.05, 0) is 30.4 Å². The van der Waals surface area contributed by atoms with Gasteiger partial charge in [-0.2, -0.15) is 0 Å². The van der Waals surface area contributed by atoms with E-state index in [9.17, 15) is 4.79 Å². The highest BCUT2D eigenvalue weighted by molar-refractivity contribution is 7.98. The van der Waals surface area contributed by atoms with Crippen LogP contribution in [0.3, 0.4) is 0 Å². The second kappa shape index (κ2) is 6.71. The minimum absolute atomic E-state index is 0. The Morgan fingerprint density at radius 2 is 2.27 bits per heavy atom. The Morgan fingerprint density at radius 1 is 1.60 bits per heavy atom. The Balaban J connectivity index is 0.00000196. The number of carboxylic acids is 1. The standard InChI is InChI=1S/C10H13NO2S.ClH/c1-14-8-4-2-3-7(5-8)6-9(11)10(12)13;/h2-5,9H,6,11H2,1H3,(H,12,13);1H/t9-;/m1./s1. The average Bonchev–Trinajstić information content (AvgIpc) is 2.18. The van der Waals surface area contributed by atoms with E-state index in [2.05, 4.69) is 0 Å². The molecule has 0 saturated carbocycles. The predicted octanol–water partition coefficient (Wildman–Crippen LogP) is 1.78. The summed E-state index contributed by atoms with van der Waals surface area (Å²) in [6.45, 7) is 0. The van der Waals surface area contributed by atoms with Crippen LogP contribution in [0, 0.1) is 0 Å². The van der Waals surface area contributed by atoms with Gasteiger partial charge in [-0.25, -0.2) is 0 Å². The van der Waals surface area contributed by atoms with Gasteiger partial charge >= 0.3 is 5.97 Å². The Hall–Kier alpha value is -0.710. The third-order valence-electron chi connectivity index (χ3n) is 1.91. The highest BCUT2D eigenvalue weighted by atomic mass is 35.5. The number of halogens is 1. The number of hydrogen-bond donors (Lipinski definition) is 2. The highest BCUT2D eigenvalue weighted by Gasteiger charge is 2.11. The summed E-state index contributed by atoms with van der Waals surface area (Å²) in [6.07, 6.45) is 2.36. The van der Waals surface area contributed by atoms with E-state index < -0.39 is 12.0 Å². The zero-order valence-corrected chi connectivity index (χ0v) is 9.98. The minimum atomic E-state index is -0.959. The molecule has 15 heavy (non-hydrogen) atoms. The van der Waals surface area contributed by atoms with E-state index in [4.69, 9.17) is 10.8 Å². The third-order valence-corrected chi connectivity index (χ3v) is 2.63. The van der Waals surface area contributed by atoms with Gasteiger partial charge in [-0.3, -0.25) is 4.79 Å². The van der Waals surface area contributed by atoms with E-state index in [0.29, 0.717) is 6.42 Å². The molecule has 0 aliphatic heterocycles. The number of aliphatic carboxylic acids is 1. The number of rotatable bonds is 4. The largest absolute Gasteiger partial charge is 0.480 e. The Kier molecular flexibility index (Phi) is 6.40. The molecule has 0 saturated heterocycles. The molecular formula is C10H14ClNO2S. The summed E-state index contributed by atoms with van der Waals surface area (Å²) < 4.78 is 0. The van der Waals surface area contributed by atoms with Crippen molar-refractivity contribution in [3.05, 3.63) is 29.8 Å². The SMILES string of the molecule is CSc1cccc(C[C@@H](N)C(=O)O)c1.Cl. The molecule has 0 unspecified atom stereocenters. The van der Waals surface area contributed by atoms with Crippen molar-refractivity contribution in [2.24, 2.45) is 5.73 Å². The molecule has 0 bridgehead atoms. The lowest BCUT2D eigenvalue weighted by Crippen LogP contribution is -2.32. The molecule has 1 aromatic rings. The van der Waals surface area contributed by atoms with Gasteiger partial charge in [0.05, 0.1) is 0 Å². The van der Waals surface area contributed by atoms with Gasteiger partial charge in [0.2, 0.25) is 0 Å². The normalized spacial score (nSPS) is 11.6. The molecule has 0 aliphatic carbocycles. The fourth-order valence-electron chi connectivity index (χ4n) is 1.14. The first-order chi connectivity index (χ1) is 6.63. The van der Waals surface area contributed by atoms with E-state index in [1.165, 1.54) is 0 Å². The van der Waals surface area contributed by atoms with Gasteiger partial charge in [-0.1, -0.05) is 12.1 Å². The van der Waals surface area contributed by atoms with E-state index in [1.54, 1.807) is 11.8 Å². The van der Waals surface area contributed by atoms with Crippen LogP contribution in [0.15, 0.2) is 29.2 Å². The number of carbonyl (C=O) groups is 1. The molecular weight excluding hydrogens is 234 g/mol. The maximum Gasteiger partial charge on any atom is 0.320 e. The van der Waals surface area contributed by atoms with Gasteiger partial charge < -0.3 is 10.8 Å². The first-order valence-electron chi connectivity index (χ1n) is 4.25. The second-order valence-electron chi connectivity index (χ2n) is 3.00. The van der Waals surface area contributed by atoms with Crippen molar-refractivity contribution in [3.63, 3.8) is 0 Å². The molecule has 5 heteroatoms. The Morgan fingerprint density at radius 3 is 2.80 bits per heavy atom. The van der Waals surface area contributed by atoms with E-state index in [0.717, 1.165) is 10.5 Å². The van der Waals surface area contributed by atoms with Gasteiger partial charge in [0, 0.05) is 4.90 Å². The number of hydrogen-bond acceptors (Lipinski definition) is 3. The van der Waals surface area contributed by atoms with Crippen molar-refractivity contribution in [1.29, 1.82) is 0 Å². The first kappa shape index (κ1) is 14.3. The molecule has 0 spiro atoms. The van der Waals surface area contributed by atoms with Crippen molar-refractivity contribution in [3.8, 4) is 0 Å². The Labute approximate surface area is 99.5 Å². The van der Waals surface area contributed by atoms with E-state index >= 15 is 0 Å². The van der Waals surface area contributed by atoms with Gasteiger partial charge in [0.25, 0.3) is 0 Å². The molecule has 0 aromatic heterocycles. The van der Waals surface area contributed by atoms with Crippen molar-refractivity contribution in [1.82, 2.24) is 0 Å². The lowest BCUT2D eigenvalue weighted by molar-refractivity contribution is -0.138. The molecule has 3 nitrogen and oxygen atoms in total. The summed E-state index contributed by atoms with van der Waals surface area (Å²) in [5, 5.41) is 8.64. The van der Waals surface area contributed by atoms with Crippen LogP contribution in [-0.4, -0.2) is 23.4 Å². The molecule has 1 rings (SSSR count). The zero-order valence-electron chi connectivity index (χ0n) is 8.34. The molecule has 1 atom stereocenters. The van der Waals surface area contributed by atoms with Crippen molar-refractivity contribution in [2.75, 3.05) is 6.26 Å². The number of carboxylic acid groups (broad SMARTS) is 1. The fraction of sp³-hybridized carbons (Fsp3) is 0.300. The number of benzene rings is 1. The lowest BCUT2D eigenvalue weighted by atomic mass is 10.1. The highest BCUT2D eigenvalue weighted by Crippen LogP contribution is 2.16. The van der Waals surface area contributed by atoms with E-state index in [-0.39, 0.29) is 12.4 Å². The van der Waals surface area contributed by atoms with E-state index in [1.807, 2.05) is 30.5 Å². The van der Waals surface area contributed by atoms with Crippen LogP contribution in [0.4, 0.5) is 0 Å². The van der Waals surface area contributed by atoms with Crippen LogP contribution in [-0.2, 0) is 11.2 Å². The smallest absolute Gasteiger partial charge is 0.320 e. The first-order valence-corrected chi connectivity index (χ1v) is 5.47. The summed E-state index contributed by atoms with van der Waals surface area (Å²) in [5.41, 5.74) is 6.40.